The van der Waals surface area contributed by atoms with Crippen molar-refractivity contribution in [2.45, 2.75) is 0 Å². The van der Waals surface area contributed by atoms with Gasteiger partial charge >= 0.3 is 29.6 Å². The van der Waals surface area contributed by atoms with Crippen molar-refractivity contribution >= 4 is 24.9 Å². The first-order chi connectivity index (χ1) is 3.73. The van der Waals surface area contributed by atoms with Gasteiger partial charge in [-0.05, 0) is 0 Å². The Kier molecular flexibility index (Phi) is 100. The van der Waals surface area contributed by atoms with Crippen molar-refractivity contribution < 1.29 is 53.9 Å². The molecule has 0 aromatic carbocycles. The summed E-state index contributed by atoms with van der Waals surface area (Å²) in [5.74, 6) is 0. The second-order valence-corrected chi connectivity index (χ2v) is 0.692. The van der Waals surface area contributed by atoms with Crippen LogP contribution in [-0.4, -0.2) is 26.9 Å². The Labute approximate surface area is 78.7 Å². The van der Waals surface area contributed by atoms with E-state index >= 15 is 0 Å². The van der Waals surface area contributed by atoms with Crippen molar-refractivity contribution in [2.75, 3.05) is 0 Å². The Hall–Kier alpha value is 0.410. The molecule has 9 heavy (non-hydrogen) atoms. The monoisotopic (exact) mass is 166 g/mol. The summed E-state index contributed by atoms with van der Waals surface area (Å²) in [6, 6.07) is 0. The van der Waals surface area contributed by atoms with Gasteiger partial charge in [-0.25, -0.2) is 0 Å². The molecule has 0 aromatic heterocycles. The maximum atomic E-state index is 8.67. The molecule has 52 valence electrons. The van der Waals surface area contributed by atoms with Gasteiger partial charge in [-0.15, -0.1) is 0 Å². The second-order valence-electron chi connectivity index (χ2n) is 0.231. The molecule has 0 aliphatic rings. The first-order valence-electron chi connectivity index (χ1n) is 1.11. The molecule has 7 heteroatoms. The van der Waals surface area contributed by atoms with Gasteiger partial charge in [0.05, 0.1) is 0 Å². The van der Waals surface area contributed by atoms with Gasteiger partial charge in [0.25, 0.3) is 11.4 Å². The molecule has 2 N–H and O–H groups in total. The molecule has 0 aliphatic carbocycles. The summed E-state index contributed by atoms with van der Waals surface area (Å²) in [6.07, 6.45) is 0. The Balaban J connectivity index is -0.0000000125. The van der Waals surface area contributed by atoms with Crippen LogP contribution in [0.5, 0.6) is 0 Å². The molecule has 0 aliphatic heterocycles. The Morgan fingerprint density at radius 3 is 1.11 bits per heavy atom. The molecule has 0 saturated carbocycles. The van der Waals surface area contributed by atoms with E-state index in [0.29, 0.717) is 0 Å². The van der Waals surface area contributed by atoms with Crippen LogP contribution >= 0.6 is 0 Å². The zero-order valence-corrected chi connectivity index (χ0v) is 7.76. The SMILES string of the molecule is C=O.C=O.O=S(O)O.[H-].[Na+]. The number of carbonyl (C=O) groups excluding carboxylic acids is 2. The van der Waals surface area contributed by atoms with Gasteiger partial charge < -0.3 is 11.0 Å². The quantitative estimate of drug-likeness (QED) is 0.287. The average Bonchev–Trinajstić information content (AvgIpc) is 1.75. The van der Waals surface area contributed by atoms with Crippen LogP contribution in [0.1, 0.15) is 1.43 Å². The van der Waals surface area contributed by atoms with Gasteiger partial charge in [0.1, 0.15) is 13.6 Å². The topological polar surface area (TPSA) is 91.7 Å². The first kappa shape index (κ1) is 22.7. The molecule has 0 unspecified atom stereocenters. The fraction of sp³-hybridized carbons (Fsp3) is 0. The number of hydrogen-bond acceptors (Lipinski definition) is 3. The standard InChI is InChI=1S/2CH2O.Na.H2O3S.H/c2*1-2;;1-4(2)3;/h2*1H2;;(H2,1,2,3);/q;;+1;;-1. The normalized spacial score (nSPS) is 4.78. The fourth-order valence-electron chi connectivity index (χ4n) is 0. The van der Waals surface area contributed by atoms with Gasteiger partial charge in [-0.1, -0.05) is 0 Å². The predicted molar refractivity (Wildman–Crippen MR) is 28.8 cm³/mol. The van der Waals surface area contributed by atoms with Crippen molar-refractivity contribution in [2.24, 2.45) is 0 Å². The summed E-state index contributed by atoms with van der Waals surface area (Å²) < 4.78 is 22.8. The van der Waals surface area contributed by atoms with Gasteiger partial charge in [0, 0.05) is 0 Å². The van der Waals surface area contributed by atoms with Crippen LogP contribution in [0.25, 0.3) is 0 Å². The molecule has 0 radical (unpaired) electrons. The molecule has 0 fully saturated rings. The summed E-state index contributed by atoms with van der Waals surface area (Å²) in [4.78, 5) is 16.0. The minimum Gasteiger partial charge on any atom is -1.00 e. The largest absolute Gasteiger partial charge is 1.00 e. The Bertz CT molecular complexity index is 57.6. The van der Waals surface area contributed by atoms with Crippen molar-refractivity contribution in [3.05, 3.63) is 0 Å². The molecular formula is C2H7NaO5S. The molecule has 0 rings (SSSR count). The van der Waals surface area contributed by atoms with E-state index in [9.17, 15) is 0 Å². The summed E-state index contributed by atoms with van der Waals surface area (Å²) in [6.45, 7) is 4.00. The van der Waals surface area contributed by atoms with Crippen LogP contribution in [0, 0.1) is 0 Å². The third-order valence-electron chi connectivity index (χ3n) is 0. The van der Waals surface area contributed by atoms with E-state index in [0.717, 1.165) is 0 Å². The second kappa shape index (κ2) is 39.7. The molecule has 0 amide bonds. The maximum absolute atomic E-state index is 8.67. The van der Waals surface area contributed by atoms with Crippen LogP contribution in [0.2, 0.25) is 0 Å². The van der Waals surface area contributed by atoms with Gasteiger partial charge in [-0.3, -0.25) is 9.11 Å². The summed E-state index contributed by atoms with van der Waals surface area (Å²) >= 11 is -2.61. The molecule has 0 spiro atoms. The van der Waals surface area contributed by atoms with E-state index in [1.165, 1.54) is 0 Å². The van der Waals surface area contributed by atoms with E-state index in [-0.39, 0.29) is 31.0 Å². The van der Waals surface area contributed by atoms with Crippen LogP contribution in [0.4, 0.5) is 0 Å². The molecule has 0 bridgehead atoms. The van der Waals surface area contributed by atoms with Crippen LogP contribution in [-0.2, 0) is 21.0 Å². The molecule has 5 nitrogen and oxygen atoms in total. The zero-order valence-electron chi connectivity index (χ0n) is 5.94. The summed E-state index contributed by atoms with van der Waals surface area (Å²) in [5.41, 5.74) is 0. The van der Waals surface area contributed by atoms with Gasteiger partial charge in [0.15, 0.2) is 0 Å². The zero-order chi connectivity index (χ0) is 7.58. The average molecular weight is 166 g/mol. The van der Waals surface area contributed by atoms with E-state index < -0.39 is 11.4 Å². The minimum atomic E-state index is -2.61. The fourth-order valence-corrected chi connectivity index (χ4v) is 0. The van der Waals surface area contributed by atoms with Crippen LogP contribution in [0.15, 0.2) is 0 Å². The number of carbonyl (C=O) groups is 2. The van der Waals surface area contributed by atoms with Gasteiger partial charge in [0.2, 0.25) is 0 Å². The van der Waals surface area contributed by atoms with Crippen LogP contribution in [0.3, 0.4) is 0 Å². The van der Waals surface area contributed by atoms with Crippen molar-refractivity contribution in [1.29, 1.82) is 0 Å². The summed E-state index contributed by atoms with van der Waals surface area (Å²) in [7, 11) is 0. The van der Waals surface area contributed by atoms with Gasteiger partial charge in [-0.2, -0.15) is 4.21 Å². The molecule has 0 atom stereocenters. The maximum Gasteiger partial charge on any atom is 1.00 e. The van der Waals surface area contributed by atoms with E-state index in [2.05, 4.69) is 0 Å². The van der Waals surface area contributed by atoms with Crippen molar-refractivity contribution in [3.63, 3.8) is 0 Å². The number of hydrogen-bond donors (Lipinski definition) is 2. The number of rotatable bonds is 0. The predicted octanol–water partition coefficient (Wildman–Crippen LogP) is -3.57. The smallest absolute Gasteiger partial charge is 1.00 e. The molecule has 0 saturated heterocycles. The Morgan fingerprint density at radius 1 is 1.11 bits per heavy atom. The Morgan fingerprint density at radius 2 is 1.11 bits per heavy atom. The molecular weight excluding hydrogens is 159 g/mol. The third kappa shape index (κ3) is 2060. The summed E-state index contributed by atoms with van der Waals surface area (Å²) in [5, 5.41) is 0. The van der Waals surface area contributed by atoms with E-state index in [4.69, 9.17) is 22.9 Å². The molecule has 0 aromatic rings. The first-order valence-corrected chi connectivity index (χ1v) is 2.17. The van der Waals surface area contributed by atoms with E-state index in [1.54, 1.807) is 0 Å². The van der Waals surface area contributed by atoms with Crippen molar-refractivity contribution in [3.8, 4) is 0 Å². The third-order valence-corrected chi connectivity index (χ3v) is 0. The molecule has 0 heterocycles. The van der Waals surface area contributed by atoms with E-state index in [1.807, 2.05) is 13.6 Å². The van der Waals surface area contributed by atoms with Crippen LogP contribution < -0.4 is 29.6 Å². The minimum absolute atomic E-state index is 0. The van der Waals surface area contributed by atoms with Crippen molar-refractivity contribution in [1.82, 2.24) is 0 Å².